The normalized spacial score (nSPS) is 12.2. The van der Waals surface area contributed by atoms with E-state index in [0.29, 0.717) is 0 Å². The molecule has 104 valence electrons. The Morgan fingerprint density at radius 2 is 1.95 bits per heavy atom. The van der Waals surface area contributed by atoms with E-state index in [4.69, 9.17) is 5.73 Å². The van der Waals surface area contributed by atoms with Gasteiger partial charge >= 0.3 is 0 Å². The maximum atomic E-state index is 5.77. The van der Waals surface area contributed by atoms with Crippen molar-refractivity contribution in [1.82, 2.24) is 9.55 Å². The third-order valence-corrected chi connectivity index (χ3v) is 3.88. The van der Waals surface area contributed by atoms with Gasteiger partial charge in [-0.25, -0.2) is 4.98 Å². The number of hydrogen-bond acceptors (Lipinski definition) is 2. The Balaban J connectivity index is 1.97. The van der Waals surface area contributed by atoms with Crippen LogP contribution in [-0.4, -0.2) is 16.1 Å². The van der Waals surface area contributed by atoms with Gasteiger partial charge in [0.1, 0.15) is 5.82 Å². The Bertz CT molecular complexity index is 540. The van der Waals surface area contributed by atoms with Crippen molar-refractivity contribution >= 4 is 11.0 Å². The van der Waals surface area contributed by atoms with Crippen LogP contribution in [0.15, 0.2) is 24.3 Å². The molecule has 0 saturated heterocycles. The molecule has 0 unspecified atom stereocenters. The molecule has 0 amide bonds. The van der Waals surface area contributed by atoms with E-state index in [0.717, 1.165) is 24.4 Å². The van der Waals surface area contributed by atoms with Gasteiger partial charge in [-0.2, -0.15) is 0 Å². The minimum Gasteiger partial charge on any atom is -0.330 e. The number of fused-ring (bicyclic) bond motifs is 1. The molecule has 1 aromatic heterocycles. The van der Waals surface area contributed by atoms with Gasteiger partial charge in [0.05, 0.1) is 11.0 Å². The average Bonchev–Trinajstić information content (AvgIpc) is 2.71. The van der Waals surface area contributed by atoms with Crippen LogP contribution < -0.4 is 5.73 Å². The second-order valence-corrected chi connectivity index (χ2v) is 6.12. The zero-order valence-electron chi connectivity index (χ0n) is 12.3. The molecule has 0 aliphatic heterocycles. The number of imidazole rings is 1. The maximum Gasteiger partial charge on any atom is 0.106 e. The lowest BCUT2D eigenvalue weighted by Gasteiger charge is -2.22. The molecule has 0 aliphatic rings. The first-order valence-electron chi connectivity index (χ1n) is 7.15. The lowest BCUT2D eigenvalue weighted by Crippen LogP contribution is -2.23. The van der Waals surface area contributed by atoms with Crippen molar-refractivity contribution in [1.29, 1.82) is 0 Å². The van der Waals surface area contributed by atoms with Gasteiger partial charge in [-0.3, -0.25) is 0 Å². The van der Waals surface area contributed by atoms with Crippen LogP contribution in [-0.2, 0) is 6.54 Å². The lowest BCUT2D eigenvalue weighted by atomic mass is 9.87. The van der Waals surface area contributed by atoms with E-state index in [1.807, 2.05) is 6.07 Å². The summed E-state index contributed by atoms with van der Waals surface area (Å²) in [6, 6.07) is 8.36. The molecule has 0 bridgehead atoms. The molecule has 0 aliphatic carbocycles. The van der Waals surface area contributed by atoms with Gasteiger partial charge < -0.3 is 10.3 Å². The quantitative estimate of drug-likeness (QED) is 0.807. The molecule has 2 N–H and O–H groups in total. The van der Waals surface area contributed by atoms with Gasteiger partial charge in [0.2, 0.25) is 0 Å². The summed E-state index contributed by atoms with van der Waals surface area (Å²) in [5.41, 5.74) is 8.38. The molecule has 0 spiro atoms. The highest BCUT2D eigenvalue weighted by atomic mass is 15.1. The number of rotatable bonds is 6. The summed E-state index contributed by atoms with van der Waals surface area (Å²) in [7, 11) is 0. The van der Waals surface area contributed by atoms with Gasteiger partial charge in [-0.15, -0.1) is 0 Å². The molecule has 2 aromatic rings. The molecule has 0 fully saturated rings. The number of aryl methyl sites for hydroxylation is 2. The van der Waals surface area contributed by atoms with Crippen LogP contribution in [0.2, 0.25) is 0 Å². The number of hydrogen-bond donors (Lipinski definition) is 1. The van der Waals surface area contributed by atoms with Crippen LogP contribution in [0.5, 0.6) is 0 Å². The highest BCUT2D eigenvalue weighted by Gasteiger charge is 2.14. The van der Waals surface area contributed by atoms with Crippen LogP contribution in [0.1, 0.15) is 38.9 Å². The summed E-state index contributed by atoms with van der Waals surface area (Å²) in [6.45, 7) is 8.38. The zero-order valence-corrected chi connectivity index (χ0v) is 12.3. The van der Waals surface area contributed by atoms with Crippen molar-refractivity contribution in [3.05, 3.63) is 30.1 Å². The molecule has 19 heavy (non-hydrogen) atoms. The van der Waals surface area contributed by atoms with E-state index in [-0.39, 0.29) is 5.41 Å². The van der Waals surface area contributed by atoms with Crippen molar-refractivity contribution in [3.63, 3.8) is 0 Å². The van der Waals surface area contributed by atoms with E-state index in [9.17, 15) is 0 Å². The minimum atomic E-state index is 0.270. The summed E-state index contributed by atoms with van der Waals surface area (Å²) >= 11 is 0. The van der Waals surface area contributed by atoms with Gasteiger partial charge in [0.25, 0.3) is 0 Å². The Labute approximate surface area is 115 Å². The van der Waals surface area contributed by atoms with Crippen LogP contribution in [0.25, 0.3) is 11.0 Å². The fraction of sp³-hybridized carbons (Fsp3) is 0.562. The molecule has 0 radical (unpaired) electrons. The van der Waals surface area contributed by atoms with Crippen molar-refractivity contribution in [2.24, 2.45) is 11.1 Å². The monoisotopic (exact) mass is 259 g/mol. The molecule has 2 rings (SSSR count). The Morgan fingerprint density at radius 3 is 2.68 bits per heavy atom. The topological polar surface area (TPSA) is 43.8 Å². The van der Waals surface area contributed by atoms with E-state index in [2.05, 4.69) is 48.5 Å². The summed E-state index contributed by atoms with van der Waals surface area (Å²) in [5, 5.41) is 0. The minimum absolute atomic E-state index is 0.270. The number of para-hydroxylation sites is 2. The molecule has 0 saturated carbocycles. The van der Waals surface area contributed by atoms with Crippen LogP contribution in [0, 0.1) is 12.3 Å². The summed E-state index contributed by atoms with van der Waals surface area (Å²) in [5.74, 6) is 1.11. The lowest BCUT2D eigenvalue weighted by molar-refractivity contribution is 0.329. The van der Waals surface area contributed by atoms with Gasteiger partial charge in [-0.1, -0.05) is 32.4 Å². The van der Waals surface area contributed by atoms with Crippen LogP contribution >= 0.6 is 0 Å². The number of aromatic nitrogens is 2. The van der Waals surface area contributed by atoms with Crippen molar-refractivity contribution in [3.8, 4) is 0 Å². The van der Waals surface area contributed by atoms with Gasteiger partial charge in [0, 0.05) is 6.54 Å². The van der Waals surface area contributed by atoms with E-state index < -0.39 is 0 Å². The molecule has 3 nitrogen and oxygen atoms in total. The predicted octanol–water partition coefficient (Wildman–Crippen LogP) is 3.50. The average molecular weight is 259 g/mol. The zero-order chi connectivity index (χ0) is 13.9. The second-order valence-electron chi connectivity index (χ2n) is 6.12. The van der Waals surface area contributed by atoms with Crippen molar-refractivity contribution in [2.75, 3.05) is 6.54 Å². The van der Waals surface area contributed by atoms with E-state index >= 15 is 0 Å². The molecular formula is C16H25N3. The maximum absolute atomic E-state index is 5.77. The van der Waals surface area contributed by atoms with E-state index in [1.54, 1.807) is 0 Å². The fourth-order valence-corrected chi connectivity index (χ4v) is 2.45. The molecular weight excluding hydrogens is 234 g/mol. The molecule has 3 heteroatoms. The standard InChI is InChI=1S/C16H25N3/c1-13-18-14-8-4-5-9-15(14)19(13)11-7-6-10-16(2,3)12-17/h4-5,8-9H,6-7,10-12,17H2,1-3H3. The summed E-state index contributed by atoms with van der Waals surface area (Å²) < 4.78 is 2.32. The van der Waals surface area contributed by atoms with Crippen molar-refractivity contribution < 1.29 is 0 Å². The van der Waals surface area contributed by atoms with Gasteiger partial charge in [0.15, 0.2) is 0 Å². The Kier molecular flexibility index (Phi) is 4.25. The molecule has 1 heterocycles. The third kappa shape index (κ3) is 3.35. The number of benzene rings is 1. The van der Waals surface area contributed by atoms with E-state index in [1.165, 1.54) is 24.8 Å². The first-order chi connectivity index (χ1) is 9.03. The number of nitrogens with two attached hydrogens (primary N) is 1. The number of nitrogens with zero attached hydrogens (tertiary/aromatic N) is 2. The first kappa shape index (κ1) is 14.1. The Morgan fingerprint density at radius 1 is 1.21 bits per heavy atom. The highest BCUT2D eigenvalue weighted by Crippen LogP contribution is 2.22. The number of unbranched alkanes of at least 4 members (excludes halogenated alkanes) is 1. The summed E-state index contributed by atoms with van der Waals surface area (Å²) in [6.07, 6.45) is 3.59. The Hall–Kier alpha value is -1.35. The third-order valence-electron chi connectivity index (χ3n) is 3.88. The fourth-order valence-electron chi connectivity index (χ4n) is 2.45. The van der Waals surface area contributed by atoms with Crippen LogP contribution in [0.4, 0.5) is 0 Å². The summed E-state index contributed by atoms with van der Waals surface area (Å²) in [4.78, 5) is 4.60. The first-order valence-corrected chi connectivity index (χ1v) is 7.15. The molecule has 0 atom stereocenters. The van der Waals surface area contributed by atoms with Crippen molar-refractivity contribution in [2.45, 2.75) is 46.6 Å². The SMILES string of the molecule is Cc1nc2ccccc2n1CCCCC(C)(C)CN. The smallest absolute Gasteiger partial charge is 0.106 e. The largest absolute Gasteiger partial charge is 0.330 e. The highest BCUT2D eigenvalue weighted by molar-refractivity contribution is 5.75. The van der Waals surface area contributed by atoms with Crippen LogP contribution in [0.3, 0.4) is 0 Å². The van der Waals surface area contributed by atoms with Gasteiger partial charge in [-0.05, 0) is 43.9 Å². The molecule has 1 aromatic carbocycles. The second kappa shape index (κ2) is 5.74. The predicted molar refractivity (Wildman–Crippen MR) is 81.2 cm³/mol.